The molecule has 0 unspecified atom stereocenters. The highest BCUT2D eigenvalue weighted by atomic mass is 16.5. The van der Waals surface area contributed by atoms with Gasteiger partial charge in [0.15, 0.2) is 0 Å². The van der Waals surface area contributed by atoms with Crippen molar-refractivity contribution in [2.75, 3.05) is 6.61 Å². The van der Waals surface area contributed by atoms with Gasteiger partial charge >= 0.3 is 0 Å². The molecular formula is C19H22O. The van der Waals surface area contributed by atoms with Gasteiger partial charge in [-0.25, -0.2) is 0 Å². The SMILES string of the molecule is C#CCOc1ccc(C(CC=C)(CC=C)CC=C)cc1. The van der Waals surface area contributed by atoms with Crippen molar-refractivity contribution in [3.63, 3.8) is 0 Å². The number of terminal acetylenes is 1. The summed E-state index contributed by atoms with van der Waals surface area (Å²) >= 11 is 0. The summed E-state index contributed by atoms with van der Waals surface area (Å²) in [5.74, 6) is 3.25. The first-order valence-corrected chi connectivity index (χ1v) is 6.72. The number of hydrogen-bond donors (Lipinski definition) is 0. The van der Waals surface area contributed by atoms with E-state index in [1.807, 2.05) is 30.4 Å². The van der Waals surface area contributed by atoms with Crippen LogP contribution in [0.1, 0.15) is 24.8 Å². The summed E-state index contributed by atoms with van der Waals surface area (Å²) in [4.78, 5) is 0. The fraction of sp³-hybridized carbons (Fsp3) is 0.263. The predicted octanol–water partition coefficient (Wildman–Crippen LogP) is 4.66. The van der Waals surface area contributed by atoms with E-state index in [2.05, 4.69) is 37.8 Å². The van der Waals surface area contributed by atoms with Crippen molar-refractivity contribution in [2.24, 2.45) is 0 Å². The first-order valence-electron chi connectivity index (χ1n) is 6.72. The largest absolute Gasteiger partial charge is 0.481 e. The Hall–Kier alpha value is -2.20. The second-order valence-electron chi connectivity index (χ2n) is 4.78. The Bertz CT molecular complexity index is 461. The van der Waals surface area contributed by atoms with Gasteiger partial charge in [0.2, 0.25) is 0 Å². The summed E-state index contributed by atoms with van der Waals surface area (Å²) in [6.45, 7) is 11.9. The van der Waals surface area contributed by atoms with Gasteiger partial charge in [-0.2, -0.15) is 0 Å². The van der Waals surface area contributed by atoms with E-state index in [0.29, 0.717) is 0 Å². The molecule has 0 aliphatic rings. The number of ether oxygens (including phenoxy) is 1. The van der Waals surface area contributed by atoms with E-state index in [1.165, 1.54) is 5.56 Å². The monoisotopic (exact) mass is 266 g/mol. The van der Waals surface area contributed by atoms with Gasteiger partial charge in [-0.15, -0.1) is 26.2 Å². The van der Waals surface area contributed by atoms with Crippen molar-refractivity contribution in [1.29, 1.82) is 0 Å². The highest BCUT2D eigenvalue weighted by molar-refractivity contribution is 5.34. The Labute approximate surface area is 122 Å². The highest BCUT2D eigenvalue weighted by Crippen LogP contribution is 2.37. The van der Waals surface area contributed by atoms with Crippen LogP contribution < -0.4 is 4.74 Å². The smallest absolute Gasteiger partial charge is 0.148 e. The van der Waals surface area contributed by atoms with E-state index in [0.717, 1.165) is 25.0 Å². The van der Waals surface area contributed by atoms with Gasteiger partial charge in [0, 0.05) is 5.41 Å². The maximum Gasteiger partial charge on any atom is 0.148 e. The van der Waals surface area contributed by atoms with E-state index in [1.54, 1.807) is 0 Å². The van der Waals surface area contributed by atoms with Gasteiger partial charge in [-0.05, 0) is 37.0 Å². The number of hydrogen-bond acceptors (Lipinski definition) is 1. The molecule has 0 saturated carbocycles. The first-order chi connectivity index (χ1) is 9.72. The molecule has 0 spiro atoms. The molecule has 0 N–H and O–H groups in total. The van der Waals surface area contributed by atoms with Crippen molar-refractivity contribution in [1.82, 2.24) is 0 Å². The minimum atomic E-state index is -0.0180. The van der Waals surface area contributed by atoms with Crippen molar-refractivity contribution < 1.29 is 4.74 Å². The van der Waals surface area contributed by atoms with E-state index >= 15 is 0 Å². The molecule has 0 heterocycles. The zero-order chi connectivity index (χ0) is 14.8. The van der Waals surface area contributed by atoms with Crippen LogP contribution in [0.5, 0.6) is 5.75 Å². The summed E-state index contributed by atoms with van der Waals surface area (Å²) in [5, 5.41) is 0. The van der Waals surface area contributed by atoms with Gasteiger partial charge in [0.05, 0.1) is 0 Å². The fourth-order valence-electron chi connectivity index (χ4n) is 2.46. The molecular weight excluding hydrogens is 244 g/mol. The van der Waals surface area contributed by atoms with E-state index in [4.69, 9.17) is 11.2 Å². The third kappa shape index (κ3) is 3.90. The average Bonchev–Trinajstić information content (AvgIpc) is 2.46. The summed E-state index contributed by atoms with van der Waals surface area (Å²) in [6, 6.07) is 8.08. The lowest BCUT2D eigenvalue weighted by atomic mass is 9.72. The fourth-order valence-corrected chi connectivity index (χ4v) is 2.46. The summed E-state index contributed by atoms with van der Waals surface area (Å²) in [5.41, 5.74) is 1.22. The van der Waals surface area contributed by atoms with Crippen LogP contribution in [-0.2, 0) is 5.41 Å². The molecule has 0 bridgehead atoms. The van der Waals surface area contributed by atoms with Gasteiger partial charge in [-0.1, -0.05) is 36.3 Å². The van der Waals surface area contributed by atoms with Crippen LogP contribution in [0.15, 0.2) is 62.2 Å². The van der Waals surface area contributed by atoms with Crippen molar-refractivity contribution in [3.8, 4) is 18.1 Å². The molecule has 1 heteroatoms. The Morgan fingerprint density at radius 1 is 1.00 bits per heavy atom. The second kappa shape index (κ2) is 8.07. The lowest BCUT2D eigenvalue weighted by Gasteiger charge is -2.32. The molecule has 20 heavy (non-hydrogen) atoms. The van der Waals surface area contributed by atoms with Crippen LogP contribution in [0, 0.1) is 12.3 Å². The van der Waals surface area contributed by atoms with E-state index < -0.39 is 0 Å². The molecule has 0 amide bonds. The van der Waals surface area contributed by atoms with Crippen molar-refractivity contribution in [3.05, 3.63) is 67.8 Å². The molecule has 0 aromatic heterocycles. The summed E-state index contributed by atoms with van der Waals surface area (Å²) in [7, 11) is 0. The zero-order valence-electron chi connectivity index (χ0n) is 12.0. The van der Waals surface area contributed by atoms with E-state index in [9.17, 15) is 0 Å². The topological polar surface area (TPSA) is 9.23 Å². The molecule has 1 aromatic rings. The first kappa shape index (κ1) is 15.9. The number of allylic oxidation sites excluding steroid dienone is 3. The third-order valence-corrected chi connectivity index (χ3v) is 3.39. The van der Waals surface area contributed by atoms with E-state index in [-0.39, 0.29) is 12.0 Å². The van der Waals surface area contributed by atoms with Crippen LogP contribution in [0.2, 0.25) is 0 Å². The average molecular weight is 266 g/mol. The van der Waals surface area contributed by atoms with Crippen LogP contribution >= 0.6 is 0 Å². The van der Waals surface area contributed by atoms with Gasteiger partial charge in [-0.3, -0.25) is 0 Å². The van der Waals surface area contributed by atoms with Gasteiger partial charge in [0.1, 0.15) is 12.4 Å². The van der Waals surface area contributed by atoms with Crippen molar-refractivity contribution >= 4 is 0 Å². The molecule has 0 saturated heterocycles. The minimum Gasteiger partial charge on any atom is -0.481 e. The highest BCUT2D eigenvalue weighted by Gasteiger charge is 2.28. The standard InChI is InChI=1S/C19H22O/c1-5-13-19(14-6-2,15-7-3)17-9-11-18(12-10-17)20-16-8-4/h4-7,9-12H,1-3,13-16H2. The number of rotatable bonds is 9. The lowest BCUT2D eigenvalue weighted by Crippen LogP contribution is -2.24. The molecule has 104 valence electrons. The Morgan fingerprint density at radius 2 is 1.50 bits per heavy atom. The lowest BCUT2D eigenvalue weighted by molar-refractivity contribution is 0.369. The molecule has 1 nitrogen and oxygen atoms in total. The maximum absolute atomic E-state index is 5.41. The Morgan fingerprint density at radius 3 is 1.90 bits per heavy atom. The second-order valence-corrected chi connectivity index (χ2v) is 4.78. The van der Waals surface area contributed by atoms with Gasteiger partial charge in [0.25, 0.3) is 0 Å². The molecule has 0 radical (unpaired) electrons. The zero-order valence-corrected chi connectivity index (χ0v) is 12.0. The molecule has 0 aliphatic carbocycles. The van der Waals surface area contributed by atoms with Crippen LogP contribution in [0.25, 0.3) is 0 Å². The maximum atomic E-state index is 5.41. The molecule has 1 rings (SSSR count). The molecule has 1 aromatic carbocycles. The third-order valence-electron chi connectivity index (χ3n) is 3.39. The van der Waals surface area contributed by atoms with Crippen LogP contribution in [0.4, 0.5) is 0 Å². The quantitative estimate of drug-likeness (QED) is 0.466. The van der Waals surface area contributed by atoms with Gasteiger partial charge < -0.3 is 4.74 Å². The number of benzene rings is 1. The Balaban J connectivity index is 3.06. The molecule has 0 aliphatic heterocycles. The van der Waals surface area contributed by atoms with Crippen LogP contribution in [0.3, 0.4) is 0 Å². The molecule has 0 atom stereocenters. The summed E-state index contributed by atoms with van der Waals surface area (Å²) in [6.07, 6.45) is 13.7. The molecule has 0 fully saturated rings. The normalized spacial score (nSPS) is 10.3. The van der Waals surface area contributed by atoms with Crippen molar-refractivity contribution in [2.45, 2.75) is 24.7 Å². The Kier molecular flexibility index (Phi) is 6.40. The minimum absolute atomic E-state index is 0.0180. The van der Waals surface area contributed by atoms with Crippen LogP contribution in [-0.4, -0.2) is 6.61 Å². The summed E-state index contributed by atoms with van der Waals surface area (Å²) < 4.78 is 5.41. The predicted molar refractivity (Wildman–Crippen MR) is 86.9 cm³/mol.